The van der Waals surface area contributed by atoms with E-state index in [1.807, 2.05) is 0 Å². The number of carbonyl (C=O) groups excluding carboxylic acids is 1. The van der Waals surface area contributed by atoms with Gasteiger partial charge in [-0.2, -0.15) is 5.10 Å². The van der Waals surface area contributed by atoms with Gasteiger partial charge in [-0.1, -0.05) is 22.5 Å². The SMILES string of the molecule is C=C(CCC(=O)N1N=CCC1c1cc(F)cc(F)c1)COc1ccc(Br)cc1F. The minimum atomic E-state index is -0.704. The van der Waals surface area contributed by atoms with Crippen molar-refractivity contribution in [3.8, 4) is 5.75 Å². The number of hydrogen-bond donors (Lipinski definition) is 0. The summed E-state index contributed by atoms with van der Waals surface area (Å²) in [5, 5.41) is 5.28. The molecule has 0 N–H and O–H groups in total. The Kier molecular flexibility index (Phi) is 6.74. The summed E-state index contributed by atoms with van der Waals surface area (Å²) < 4.78 is 46.8. The first-order valence-electron chi connectivity index (χ1n) is 8.88. The van der Waals surface area contributed by atoms with Gasteiger partial charge >= 0.3 is 0 Å². The summed E-state index contributed by atoms with van der Waals surface area (Å²) in [6, 6.07) is 7.08. The number of amides is 1. The van der Waals surface area contributed by atoms with Crippen molar-refractivity contribution in [2.75, 3.05) is 6.61 Å². The molecule has 1 atom stereocenters. The highest BCUT2D eigenvalue weighted by Crippen LogP contribution is 2.30. The number of halogens is 4. The van der Waals surface area contributed by atoms with Gasteiger partial charge < -0.3 is 4.74 Å². The van der Waals surface area contributed by atoms with Crippen molar-refractivity contribution in [1.82, 2.24) is 5.01 Å². The maximum atomic E-state index is 13.8. The summed E-state index contributed by atoms with van der Waals surface area (Å²) in [6.45, 7) is 3.91. The smallest absolute Gasteiger partial charge is 0.243 e. The van der Waals surface area contributed by atoms with E-state index in [-0.39, 0.29) is 24.7 Å². The Balaban J connectivity index is 1.54. The molecule has 8 heteroatoms. The lowest BCUT2D eigenvalue weighted by Crippen LogP contribution is -2.27. The lowest BCUT2D eigenvalue weighted by atomic mass is 10.0. The summed E-state index contributed by atoms with van der Waals surface area (Å²) in [6.07, 6.45) is 2.32. The Bertz CT molecular complexity index is 945. The zero-order chi connectivity index (χ0) is 21.0. The summed E-state index contributed by atoms with van der Waals surface area (Å²) in [5.41, 5.74) is 0.957. The van der Waals surface area contributed by atoms with Crippen molar-refractivity contribution in [1.29, 1.82) is 0 Å². The number of nitrogens with zero attached hydrogens (tertiary/aromatic N) is 2. The van der Waals surface area contributed by atoms with Gasteiger partial charge in [0.15, 0.2) is 11.6 Å². The minimum Gasteiger partial charge on any atom is -0.486 e. The van der Waals surface area contributed by atoms with Crippen molar-refractivity contribution >= 4 is 28.1 Å². The summed E-state index contributed by atoms with van der Waals surface area (Å²) in [5.74, 6) is -2.11. The Hall–Kier alpha value is -2.61. The van der Waals surface area contributed by atoms with Crippen molar-refractivity contribution in [3.63, 3.8) is 0 Å². The number of benzene rings is 2. The van der Waals surface area contributed by atoms with Gasteiger partial charge in [0.1, 0.15) is 18.2 Å². The van der Waals surface area contributed by atoms with Crippen LogP contribution in [-0.4, -0.2) is 23.7 Å². The first-order chi connectivity index (χ1) is 13.8. The van der Waals surface area contributed by atoms with E-state index in [9.17, 15) is 18.0 Å². The fraction of sp³-hybridized carbons (Fsp3) is 0.238. The zero-order valence-corrected chi connectivity index (χ0v) is 17.0. The van der Waals surface area contributed by atoms with Crippen LogP contribution in [0, 0.1) is 17.5 Å². The normalized spacial score (nSPS) is 15.6. The molecule has 0 radical (unpaired) electrons. The van der Waals surface area contributed by atoms with Gasteiger partial charge in [0.25, 0.3) is 0 Å². The molecule has 4 nitrogen and oxygen atoms in total. The molecule has 1 heterocycles. The number of ether oxygens (including phenoxy) is 1. The molecule has 0 saturated heterocycles. The van der Waals surface area contributed by atoms with Crippen LogP contribution in [0.3, 0.4) is 0 Å². The minimum absolute atomic E-state index is 0.0631. The average molecular weight is 467 g/mol. The van der Waals surface area contributed by atoms with E-state index in [4.69, 9.17) is 4.74 Å². The van der Waals surface area contributed by atoms with E-state index in [2.05, 4.69) is 27.6 Å². The van der Waals surface area contributed by atoms with Gasteiger partial charge in [-0.05, 0) is 47.9 Å². The number of rotatable bonds is 7. The second kappa shape index (κ2) is 9.26. The molecule has 3 rings (SSSR count). The van der Waals surface area contributed by atoms with Crippen LogP contribution < -0.4 is 4.74 Å². The van der Waals surface area contributed by atoms with Crippen molar-refractivity contribution in [3.05, 3.63) is 76.0 Å². The molecular weight excluding hydrogens is 449 g/mol. The Morgan fingerprint density at radius 1 is 1.17 bits per heavy atom. The highest BCUT2D eigenvalue weighted by molar-refractivity contribution is 9.10. The fourth-order valence-electron chi connectivity index (χ4n) is 2.94. The van der Waals surface area contributed by atoms with E-state index in [1.165, 1.54) is 29.3 Å². The average Bonchev–Trinajstić information content (AvgIpc) is 3.14. The molecule has 1 aliphatic rings. The van der Waals surface area contributed by atoms with Crippen LogP contribution in [0.2, 0.25) is 0 Å². The molecule has 1 unspecified atom stereocenters. The second-order valence-corrected chi connectivity index (χ2v) is 7.52. The van der Waals surface area contributed by atoms with E-state index >= 15 is 0 Å². The molecule has 1 aliphatic heterocycles. The molecule has 0 aromatic heterocycles. The van der Waals surface area contributed by atoms with Gasteiger partial charge in [-0.3, -0.25) is 4.79 Å². The van der Waals surface area contributed by atoms with Crippen molar-refractivity contribution in [2.45, 2.75) is 25.3 Å². The Morgan fingerprint density at radius 2 is 1.90 bits per heavy atom. The molecule has 0 aliphatic carbocycles. The molecule has 2 aromatic rings. The fourth-order valence-corrected chi connectivity index (χ4v) is 3.27. The third-order valence-electron chi connectivity index (χ3n) is 4.37. The van der Waals surface area contributed by atoms with Crippen molar-refractivity contribution < 1.29 is 22.7 Å². The van der Waals surface area contributed by atoms with Crippen LogP contribution in [0.5, 0.6) is 5.75 Å². The van der Waals surface area contributed by atoms with Gasteiger partial charge in [0, 0.05) is 29.6 Å². The zero-order valence-electron chi connectivity index (χ0n) is 15.4. The van der Waals surface area contributed by atoms with Crippen LogP contribution in [0.25, 0.3) is 0 Å². The van der Waals surface area contributed by atoms with Crippen LogP contribution in [0.4, 0.5) is 13.2 Å². The van der Waals surface area contributed by atoms with Gasteiger partial charge in [0.05, 0.1) is 6.04 Å². The summed E-state index contributed by atoms with van der Waals surface area (Å²) in [7, 11) is 0. The molecule has 29 heavy (non-hydrogen) atoms. The second-order valence-electron chi connectivity index (χ2n) is 6.60. The summed E-state index contributed by atoms with van der Waals surface area (Å²) >= 11 is 3.17. The first-order valence-corrected chi connectivity index (χ1v) is 9.68. The van der Waals surface area contributed by atoms with Crippen molar-refractivity contribution in [2.24, 2.45) is 5.10 Å². The van der Waals surface area contributed by atoms with Crippen LogP contribution in [0.1, 0.15) is 30.9 Å². The lowest BCUT2D eigenvalue weighted by molar-refractivity contribution is -0.133. The Morgan fingerprint density at radius 3 is 2.59 bits per heavy atom. The maximum Gasteiger partial charge on any atom is 0.243 e. The third kappa shape index (κ3) is 5.47. The highest BCUT2D eigenvalue weighted by Gasteiger charge is 2.28. The van der Waals surface area contributed by atoms with Gasteiger partial charge in [-0.25, -0.2) is 18.2 Å². The van der Waals surface area contributed by atoms with Crippen LogP contribution in [0.15, 0.2) is 58.1 Å². The van der Waals surface area contributed by atoms with Gasteiger partial charge in [0.2, 0.25) is 5.91 Å². The molecule has 2 aromatic carbocycles. The maximum absolute atomic E-state index is 13.8. The van der Waals surface area contributed by atoms with E-state index < -0.39 is 23.5 Å². The number of hydrazone groups is 1. The molecule has 0 saturated carbocycles. The van der Waals surface area contributed by atoms with E-state index in [1.54, 1.807) is 12.3 Å². The van der Waals surface area contributed by atoms with Gasteiger partial charge in [-0.15, -0.1) is 0 Å². The predicted molar refractivity (Wildman–Crippen MR) is 107 cm³/mol. The first kappa shape index (κ1) is 21.1. The molecule has 0 bridgehead atoms. The predicted octanol–water partition coefficient (Wildman–Crippen LogP) is 5.54. The highest BCUT2D eigenvalue weighted by atomic mass is 79.9. The number of carbonyl (C=O) groups is 1. The van der Waals surface area contributed by atoms with E-state index in [0.717, 1.165) is 6.07 Å². The van der Waals surface area contributed by atoms with E-state index in [0.29, 0.717) is 28.5 Å². The molecular formula is C21H18BrF3N2O2. The third-order valence-corrected chi connectivity index (χ3v) is 4.87. The molecule has 0 fully saturated rings. The number of hydrogen-bond acceptors (Lipinski definition) is 3. The van der Waals surface area contributed by atoms with Crippen LogP contribution in [-0.2, 0) is 4.79 Å². The Labute approximate surface area is 174 Å². The lowest BCUT2D eigenvalue weighted by Gasteiger charge is -2.22. The van der Waals surface area contributed by atoms with Crippen LogP contribution >= 0.6 is 15.9 Å². The molecule has 1 amide bonds. The standard InChI is InChI=1S/C21H18BrF3N2O2/c1-13(12-29-20-4-3-15(22)10-18(20)25)2-5-21(28)27-19(6-7-26-27)14-8-16(23)11-17(24)9-14/h3-4,7-11,19H,1-2,5-6,12H2. The largest absolute Gasteiger partial charge is 0.486 e. The topological polar surface area (TPSA) is 41.9 Å². The molecule has 152 valence electrons. The molecule has 0 spiro atoms. The summed E-state index contributed by atoms with van der Waals surface area (Å²) in [4.78, 5) is 12.5. The quantitative estimate of drug-likeness (QED) is 0.502. The monoisotopic (exact) mass is 466 g/mol.